The molecule has 0 radical (unpaired) electrons. The molecular formula is C14H15BrN8O. The van der Waals surface area contributed by atoms with Crippen LogP contribution in [0.25, 0.3) is 5.65 Å². The summed E-state index contributed by atoms with van der Waals surface area (Å²) < 4.78 is 3.54. The molecule has 0 unspecified atom stereocenters. The number of hydrogen-bond donors (Lipinski definition) is 0. The van der Waals surface area contributed by atoms with E-state index < -0.39 is 0 Å². The van der Waals surface area contributed by atoms with E-state index in [1.807, 2.05) is 12.1 Å². The van der Waals surface area contributed by atoms with E-state index in [1.165, 1.54) is 4.68 Å². The van der Waals surface area contributed by atoms with Crippen molar-refractivity contribution in [1.29, 1.82) is 0 Å². The van der Waals surface area contributed by atoms with Crippen molar-refractivity contribution in [1.82, 2.24) is 29.6 Å². The number of nitrogens with zero attached hydrogens (tertiary/aromatic N) is 8. The molecule has 1 saturated heterocycles. The van der Waals surface area contributed by atoms with Gasteiger partial charge in [-0.05, 0) is 28.1 Å². The first-order chi connectivity index (χ1) is 11.6. The van der Waals surface area contributed by atoms with E-state index in [1.54, 1.807) is 24.1 Å². The van der Waals surface area contributed by atoms with E-state index in [-0.39, 0.29) is 5.56 Å². The standard InChI is InChI=1S/C14H15BrN8O/c1-20-14(24)13(15)10(8-17-20)21-4-6-22(7-5-21)12-3-2-11-18-16-9-23(11)19-12/h2-3,8-9H,4-7H2,1H3. The topological polar surface area (TPSA) is 84.5 Å². The van der Waals surface area contributed by atoms with Crippen LogP contribution >= 0.6 is 15.9 Å². The third kappa shape index (κ3) is 2.52. The van der Waals surface area contributed by atoms with E-state index in [0.717, 1.165) is 43.3 Å². The van der Waals surface area contributed by atoms with Gasteiger partial charge in [0.2, 0.25) is 0 Å². The quantitative estimate of drug-likeness (QED) is 0.622. The van der Waals surface area contributed by atoms with Crippen molar-refractivity contribution < 1.29 is 0 Å². The van der Waals surface area contributed by atoms with Gasteiger partial charge in [0, 0.05) is 33.2 Å². The van der Waals surface area contributed by atoms with Crippen LogP contribution in [0.2, 0.25) is 0 Å². The smallest absolute Gasteiger partial charge is 0.282 e. The molecule has 4 rings (SSSR count). The van der Waals surface area contributed by atoms with Crippen molar-refractivity contribution in [3.05, 3.63) is 39.5 Å². The van der Waals surface area contributed by atoms with Gasteiger partial charge in [-0.1, -0.05) is 0 Å². The average molecular weight is 391 g/mol. The van der Waals surface area contributed by atoms with Gasteiger partial charge in [0.05, 0.1) is 11.9 Å². The molecule has 0 aromatic carbocycles. The van der Waals surface area contributed by atoms with Crippen molar-refractivity contribution in [2.45, 2.75) is 0 Å². The Balaban J connectivity index is 1.52. The lowest BCUT2D eigenvalue weighted by molar-refractivity contribution is 0.631. The van der Waals surface area contributed by atoms with Gasteiger partial charge in [-0.3, -0.25) is 4.79 Å². The van der Waals surface area contributed by atoms with E-state index in [2.05, 4.69) is 46.1 Å². The second-order valence-corrected chi connectivity index (χ2v) is 6.36. The zero-order chi connectivity index (χ0) is 16.7. The summed E-state index contributed by atoms with van der Waals surface area (Å²) in [6, 6.07) is 3.86. The van der Waals surface area contributed by atoms with Crippen molar-refractivity contribution in [2.24, 2.45) is 7.05 Å². The van der Waals surface area contributed by atoms with Gasteiger partial charge in [0.25, 0.3) is 5.56 Å². The molecule has 10 heteroatoms. The first-order valence-electron chi connectivity index (χ1n) is 7.52. The molecule has 9 nitrogen and oxygen atoms in total. The summed E-state index contributed by atoms with van der Waals surface area (Å²) in [7, 11) is 1.64. The van der Waals surface area contributed by atoms with E-state index in [4.69, 9.17) is 0 Å². The molecule has 0 bridgehead atoms. The zero-order valence-electron chi connectivity index (χ0n) is 13.0. The summed E-state index contributed by atoms with van der Waals surface area (Å²) in [4.78, 5) is 16.4. The number of fused-ring (bicyclic) bond motifs is 1. The van der Waals surface area contributed by atoms with Gasteiger partial charge < -0.3 is 9.80 Å². The van der Waals surface area contributed by atoms with Crippen LogP contribution in [-0.4, -0.2) is 55.8 Å². The molecule has 0 atom stereocenters. The highest BCUT2D eigenvalue weighted by Gasteiger charge is 2.21. The summed E-state index contributed by atoms with van der Waals surface area (Å²) >= 11 is 3.39. The molecule has 1 aliphatic rings. The maximum atomic E-state index is 12.0. The fourth-order valence-electron chi connectivity index (χ4n) is 2.79. The fraction of sp³-hybridized carbons (Fsp3) is 0.357. The number of aromatic nitrogens is 6. The predicted molar refractivity (Wildman–Crippen MR) is 92.4 cm³/mol. The number of rotatable bonds is 2. The van der Waals surface area contributed by atoms with Crippen molar-refractivity contribution in [3.63, 3.8) is 0 Å². The van der Waals surface area contributed by atoms with E-state index in [0.29, 0.717) is 4.47 Å². The SMILES string of the molecule is Cn1ncc(N2CCN(c3ccc4nncn4n3)CC2)c(Br)c1=O. The number of halogens is 1. The summed E-state index contributed by atoms with van der Waals surface area (Å²) in [5.41, 5.74) is 1.43. The summed E-state index contributed by atoms with van der Waals surface area (Å²) in [6.45, 7) is 3.19. The molecule has 0 aliphatic carbocycles. The van der Waals surface area contributed by atoms with E-state index in [9.17, 15) is 4.79 Å². The number of anilines is 2. The van der Waals surface area contributed by atoms with Crippen molar-refractivity contribution in [3.8, 4) is 0 Å². The van der Waals surface area contributed by atoms with Gasteiger partial charge in [-0.25, -0.2) is 4.68 Å². The van der Waals surface area contributed by atoms with Crippen molar-refractivity contribution >= 4 is 33.1 Å². The van der Waals surface area contributed by atoms with Crippen LogP contribution in [0.15, 0.2) is 33.9 Å². The highest BCUT2D eigenvalue weighted by Crippen LogP contribution is 2.23. The van der Waals surface area contributed by atoms with Crippen LogP contribution in [-0.2, 0) is 7.05 Å². The minimum atomic E-state index is -0.130. The maximum absolute atomic E-state index is 12.0. The third-order valence-electron chi connectivity index (χ3n) is 4.15. The van der Waals surface area contributed by atoms with Gasteiger partial charge in [-0.2, -0.15) is 9.61 Å². The molecule has 0 saturated carbocycles. The molecule has 3 aromatic rings. The first kappa shape index (κ1) is 15.1. The molecular weight excluding hydrogens is 376 g/mol. The Labute approximate surface area is 145 Å². The summed E-state index contributed by atoms with van der Waals surface area (Å²) in [5.74, 6) is 0.892. The first-order valence-corrected chi connectivity index (χ1v) is 8.31. The molecule has 0 N–H and O–H groups in total. The lowest BCUT2D eigenvalue weighted by Gasteiger charge is -2.36. The normalized spacial score (nSPS) is 15.2. The van der Waals surface area contributed by atoms with Crippen LogP contribution in [0.3, 0.4) is 0 Å². The Hall–Kier alpha value is -2.49. The Morgan fingerprint density at radius 2 is 1.88 bits per heavy atom. The Morgan fingerprint density at radius 3 is 2.67 bits per heavy atom. The number of hydrogen-bond acceptors (Lipinski definition) is 7. The molecule has 0 spiro atoms. The Morgan fingerprint density at radius 1 is 1.12 bits per heavy atom. The van der Waals surface area contributed by atoms with Gasteiger partial charge in [-0.15, -0.1) is 15.3 Å². The zero-order valence-corrected chi connectivity index (χ0v) is 14.6. The Bertz CT molecular complexity index is 943. The summed E-state index contributed by atoms with van der Waals surface area (Å²) in [6.07, 6.45) is 3.32. The lowest BCUT2D eigenvalue weighted by atomic mass is 10.3. The van der Waals surface area contributed by atoms with Crippen LogP contribution in [0.5, 0.6) is 0 Å². The van der Waals surface area contributed by atoms with Crippen LogP contribution in [0.4, 0.5) is 11.5 Å². The van der Waals surface area contributed by atoms with Crippen LogP contribution in [0, 0.1) is 0 Å². The lowest BCUT2D eigenvalue weighted by Crippen LogP contribution is -2.47. The molecule has 3 aromatic heterocycles. The molecule has 0 amide bonds. The Kier molecular flexibility index (Phi) is 3.68. The summed E-state index contributed by atoms with van der Waals surface area (Å²) in [5, 5.41) is 16.4. The molecule has 4 heterocycles. The monoisotopic (exact) mass is 390 g/mol. The second-order valence-electron chi connectivity index (χ2n) is 5.57. The third-order valence-corrected chi connectivity index (χ3v) is 4.90. The number of aryl methyl sites for hydroxylation is 1. The molecule has 1 fully saturated rings. The highest BCUT2D eigenvalue weighted by molar-refractivity contribution is 9.10. The fourth-order valence-corrected chi connectivity index (χ4v) is 3.40. The van der Waals surface area contributed by atoms with Crippen LogP contribution in [0.1, 0.15) is 0 Å². The average Bonchev–Trinajstić information content (AvgIpc) is 3.08. The highest BCUT2D eigenvalue weighted by atomic mass is 79.9. The van der Waals surface area contributed by atoms with E-state index >= 15 is 0 Å². The minimum absolute atomic E-state index is 0.130. The second kappa shape index (κ2) is 5.86. The van der Waals surface area contributed by atoms with Crippen LogP contribution < -0.4 is 15.4 Å². The maximum Gasteiger partial charge on any atom is 0.282 e. The molecule has 1 aliphatic heterocycles. The van der Waals surface area contributed by atoms with Gasteiger partial charge in [0.1, 0.15) is 16.6 Å². The van der Waals surface area contributed by atoms with Gasteiger partial charge in [0.15, 0.2) is 5.65 Å². The predicted octanol–water partition coefficient (Wildman–Crippen LogP) is 0.307. The molecule has 124 valence electrons. The largest absolute Gasteiger partial charge is 0.366 e. The minimum Gasteiger partial charge on any atom is -0.366 e. The van der Waals surface area contributed by atoms with Gasteiger partial charge >= 0.3 is 0 Å². The number of piperazine rings is 1. The molecule has 24 heavy (non-hydrogen) atoms. The van der Waals surface area contributed by atoms with Crippen molar-refractivity contribution in [2.75, 3.05) is 36.0 Å².